The lowest BCUT2D eigenvalue weighted by Crippen LogP contribution is -2.05. The summed E-state index contributed by atoms with van der Waals surface area (Å²) in [5, 5.41) is 13.4. The van der Waals surface area contributed by atoms with E-state index in [1.807, 2.05) is 35.9 Å². The number of aliphatic hydroxyl groups is 1. The Morgan fingerprint density at radius 1 is 1.35 bits per heavy atom. The average Bonchev–Trinajstić information content (AvgIpc) is 2.75. The first-order valence-electron chi connectivity index (χ1n) is 5.49. The number of methoxy groups -OCH3 is 1. The number of hydrogen-bond acceptors (Lipinski definition) is 3. The molecule has 90 valence electrons. The molecule has 1 heterocycles. The molecule has 0 unspecified atom stereocenters. The molecule has 0 atom stereocenters. The molecule has 4 nitrogen and oxygen atoms in total. The Bertz CT molecular complexity index is 506. The lowest BCUT2D eigenvalue weighted by Gasteiger charge is -2.11. The van der Waals surface area contributed by atoms with Gasteiger partial charge in [0.15, 0.2) is 0 Å². The van der Waals surface area contributed by atoms with Crippen LogP contribution >= 0.6 is 0 Å². The molecule has 0 fully saturated rings. The van der Waals surface area contributed by atoms with Crippen molar-refractivity contribution in [2.75, 3.05) is 7.11 Å². The summed E-state index contributed by atoms with van der Waals surface area (Å²) >= 11 is 0. The third-order valence-corrected chi connectivity index (χ3v) is 2.78. The fourth-order valence-electron chi connectivity index (χ4n) is 1.78. The predicted molar refractivity (Wildman–Crippen MR) is 65.0 cm³/mol. The van der Waals surface area contributed by atoms with Crippen molar-refractivity contribution >= 4 is 0 Å². The highest BCUT2D eigenvalue weighted by atomic mass is 16.5. The summed E-state index contributed by atoms with van der Waals surface area (Å²) < 4.78 is 7.21. The molecule has 17 heavy (non-hydrogen) atoms. The van der Waals surface area contributed by atoms with Gasteiger partial charge in [0.2, 0.25) is 0 Å². The highest BCUT2D eigenvalue weighted by Gasteiger charge is 2.06. The summed E-state index contributed by atoms with van der Waals surface area (Å²) in [5.74, 6) is 0.817. The maximum Gasteiger partial charge on any atom is 0.123 e. The van der Waals surface area contributed by atoms with Crippen molar-refractivity contribution in [2.24, 2.45) is 0 Å². The lowest BCUT2D eigenvalue weighted by molar-refractivity contribution is 0.281. The van der Waals surface area contributed by atoms with Crippen molar-refractivity contribution in [1.82, 2.24) is 9.78 Å². The molecule has 0 saturated heterocycles. The summed E-state index contributed by atoms with van der Waals surface area (Å²) in [7, 11) is 1.65. The van der Waals surface area contributed by atoms with Crippen LogP contribution < -0.4 is 4.74 Å². The van der Waals surface area contributed by atoms with Crippen molar-refractivity contribution in [3.8, 4) is 5.75 Å². The van der Waals surface area contributed by atoms with Gasteiger partial charge in [-0.25, -0.2) is 0 Å². The number of ether oxygens (including phenoxy) is 1. The number of aryl methyl sites for hydroxylation is 1. The molecule has 1 aromatic carbocycles. The van der Waals surface area contributed by atoms with Gasteiger partial charge in [-0.05, 0) is 30.7 Å². The van der Waals surface area contributed by atoms with Crippen LogP contribution in [0.15, 0.2) is 30.5 Å². The summed E-state index contributed by atoms with van der Waals surface area (Å²) in [4.78, 5) is 0. The van der Waals surface area contributed by atoms with Crippen LogP contribution in [-0.2, 0) is 13.2 Å². The Balaban J connectivity index is 2.33. The zero-order valence-corrected chi connectivity index (χ0v) is 10.1. The second-order valence-corrected chi connectivity index (χ2v) is 3.93. The van der Waals surface area contributed by atoms with Crippen LogP contribution in [0.2, 0.25) is 0 Å². The molecule has 2 aromatic rings. The second kappa shape index (κ2) is 5.01. The maximum atomic E-state index is 9.14. The standard InChI is InChI=1S/C13H16N2O2/c1-10-5-6-14-15(10)8-12-7-11(9-16)3-4-13(12)17-2/h3-7,16H,8-9H2,1-2H3. The highest BCUT2D eigenvalue weighted by Crippen LogP contribution is 2.21. The molecule has 0 amide bonds. The number of benzene rings is 1. The first-order chi connectivity index (χ1) is 8.24. The molecular formula is C13H16N2O2. The van der Waals surface area contributed by atoms with E-state index in [0.29, 0.717) is 6.54 Å². The van der Waals surface area contributed by atoms with Crippen molar-refractivity contribution in [1.29, 1.82) is 0 Å². The van der Waals surface area contributed by atoms with E-state index in [1.165, 1.54) is 0 Å². The van der Waals surface area contributed by atoms with E-state index >= 15 is 0 Å². The fourth-order valence-corrected chi connectivity index (χ4v) is 1.78. The Morgan fingerprint density at radius 3 is 2.76 bits per heavy atom. The van der Waals surface area contributed by atoms with E-state index in [0.717, 1.165) is 22.6 Å². The van der Waals surface area contributed by atoms with Crippen LogP contribution in [0.3, 0.4) is 0 Å². The van der Waals surface area contributed by atoms with Crippen molar-refractivity contribution < 1.29 is 9.84 Å². The van der Waals surface area contributed by atoms with E-state index in [4.69, 9.17) is 9.84 Å². The molecule has 1 aromatic heterocycles. The Labute approximate surface area is 100 Å². The van der Waals surface area contributed by atoms with E-state index in [2.05, 4.69) is 5.10 Å². The zero-order chi connectivity index (χ0) is 12.3. The van der Waals surface area contributed by atoms with Gasteiger partial charge in [-0.2, -0.15) is 5.10 Å². The van der Waals surface area contributed by atoms with Crippen molar-refractivity contribution in [2.45, 2.75) is 20.1 Å². The van der Waals surface area contributed by atoms with Gasteiger partial charge in [-0.15, -0.1) is 0 Å². The Kier molecular flexibility index (Phi) is 3.44. The molecule has 0 radical (unpaired) electrons. The zero-order valence-electron chi connectivity index (χ0n) is 10.1. The first kappa shape index (κ1) is 11.7. The molecule has 2 rings (SSSR count). The van der Waals surface area contributed by atoms with E-state index < -0.39 is 0 Å². The van der Waals surface area contributed by atoms with Crippen LogP contribution in [-0.4, -0.2) is 22.0 Å². The molecule has 0 bridgehead atoms. The van der Waals surface area contributed by atoms with Crippen LogP contribution in [0.4, 0.5) is 0 Å². The van der Waals surface area contributed by atoms with Crippen LogP contribution in [0.25, 0.3) is 0 Å². The number of aromatic nitrogens is 2. The number of aliphatic hydroxyl groups excluding tert-OH is 1. The third-order valence-electron chi connectivity index (χ3n) is 2.78. The molecular weight excluding hydrogens is 216 g/mol. The fraction of sp³-hybridized carbons (Fsp3) is 0.308. The Morgan fingerprint density at radius 2 is 2.18 bits per heavy atom. The average molecular weight is 232 g/mol. The topological polar surface area (TPSA) is 47.3 Å². The molecule has 0 aliphatic carbocycles. The molecule has 4 heteroatoms. The number of rotatable bonds is 4. The van der Waals surface area contributed by atoms with E-state index in [1.54, 1.807) is 13.3 Å². The van der Waals surface area contributed by atoms with Gasteiger partial charge in [0.1, 0.15) is 5.75 Å². The summed E-state index contributed by atoms with van der Waals surface area (Å²) in [5.41, 5.74) is 3.00. The summed E-state index contributed by atoms with van der Waals surface area (Å²) in [6.45, 7) is 2.69. The minimum atomic E-state index is 0.0368. The predicted octanol–water partition coefficient (Wildman–Crippen LogP) is 1.74. The Hall–Kier alpha value is -1.81. The molecule has 0 aliphatic rings. The van der Waals surface area contributed by atoms with E-state index in [9.17, 15) is 0 Å². The largest absolute Gasteiger partial charge is 0.496 e. The van der Waals surface area contributed by atoms with Gasteiger partial charge in [0, 0.05) is 17.5 Å². The molecule has 0 spiro atoms. The minimum absolute atomic E-state index is 0.0368. The van der Waals surface area contributed by atoms with Crippen LogP contribution in [0.1, 0.15) is 16.8 Å². The normalized spacial score (nSPS) is 10.5. The van der Waals surface area contributed by atoms with Gasteiger partial charge >= 0.3 is 0 Å². The SMILES string of the molecule is COc1ccc(CO)cc1Cn1nccc1C. The first-order valence-corrected chi connectivity index (χ1v) is 5.49. The molecule has 1 N–H and O–H groups in total. The minimum Gasteiger partial charge on any atom is -0.496 e. The van der Waals surface area contributed by atoms with Gasteiger partial charge in [-0.3, -0.25) is 4.68 Å². The van der Waals surface area contributed by atoms with Crippen LogP contribution in [0.5, 0.6) is 5.75 Å². The lowest BCUT2D eigenvalue weighted by atomic mass is 10.1. The maximum absolute atomic E-state index is 9.14. The highest BCUT2D eigenvalue weighted by molar-refractivity contribution is 5.37. The van der Waals surface area contributed by atoms with Crippen molar-refractivity contribution in [3.63, 3.8) is 0 Å². The van der Waals surface area contributed by atoms with E-state index in [-0.39, 0.29) is 6.61 Å². The smallest absolute Gasteiger partial charge is 0.123 e. The second-order valence-electron chi connectivity index (χ2n) is 3.93. The van der Waals surface area contributed by atoms with Crippen LogP contribution in [0, 0.1) is 6.92 Å². The number of nitrogens with zero attached hydrogens (tertiary/aromatic N) is 2. The number of hydrogen-bond donors (Lipinski definition) is 1. The quantitative estimate of drug-likeness (QED) is 0.873. The van der Waals surface area contributed by atoms with Gasteiger partial charge in [0.05, 0.1) is 20.3 Å². The van der Waals surface area contributed by atoms with Gasteiger partial charge in [-0.1, -0.05) is 6.07 Å². The monoisotopic (exact) mass is 232 g/mol. The van der Waals surface area contributed by atoms with Gasteiger partial charge < -0.3 is 9.84 Å². The molecule has 0 aliphatic heterocycles. The third kappa shape index (κ3) is 2.47. The van der Waals surface area contributed by atoms with Crippen molar-refractivity contribution in [3.05, 3.63) is 47.3 Å². The summed E-state index contributed by atoms with van der Waals surface area (Å²) in [6, 6.07) is 7.64. The van der Waals surface area contributed by atoms with Gasteiger partial charge in [0.25, 0.3) is 0 Å². The summed E-state index contributed by atoms with van der Waals surface area (Å²) in [6.07, 6.45) is 1.78. The molecule has 0 saturated carbocycles.